The Labute approximate surface area is 306 Å². The Balaban J connectivity index is 1.72. The van der Waals surface area contributed by atoms with Gasteiger partial charge in [0.15, 0.2) is 0 Å². The van der Waals surface area contributed by atoms with E-state index in [-0.39, 0.29) is 26.4 Å². The molecular weight excluding hydrogens is 727 g/mol. The Bertz CT molecular complexity index is 1030. The van der Waals surface area contributed by atoms with Crippen molar-refractivity contribution in [1.29, 1.82) is 0 Å². The van der Waals surface area contributed by atoms with E-state index in [1.165, 1.54) is 0 Å². The van der Waals surface area contributed by atoms with Crippen LogP contribution in [0.5, 0.6) is 5.75 Å². The molecule has 1 aromatic carbocycles. The summed E-state index contributed by atoms with van der Waals surface area (Å²) in [6, 6.07) is 0. The molecule has 1 aromatic rings. The zero-order valence-corrected chi connectivity index (χ0v) is 30.1. The van der Waals surface area contributed by atoms with Crippen LogP contribution < -0.4 is 4.74 Å². The van der Waals surface area contributed by atoms with Crippen molar-refractivity contribution in [1.82, 2.24) is 0 Å². The van der Waals surface area contributed by atoms with Crippen molar-refractivity contribution in [2.45, 2.75) is 6.42 Å². The molecule has 0 radical (unpaired) electrons. The van der Waals surface area contributed by atoms with Gasteiger partial charge in [0, 0.05) is 0 Å². The standard InChI is InChI=1S/C34H53F5O14/c1-2-4-41-6-8-43-10-12-45-14-16-47-18-20-49-22-24-51-26-27-52-25-23-50-21-19-48-17-15-46-13-11-44-9-7-42-5-3-28(40)53-34-32(38)30(36)29(35)31(37)33(34)39/h2H,1,3-27H2. The largest absolute Gasteiger partial charge is 0.420 e. The summed E-state index contributed by atoms with van der Waals surface area (Å²) in [6.07, 6.45) is 1.20. The molecule has 0 N–H and O–H groups in total. The molecule has 0 aromatic heterocycles. The zero-order chi connectivity index (χ0) is 38.6. The predicted molar refractivity (Wildman–Crippen MR) is 177 cm³/mol. The summed E-state index contributed by atoms with van der Waals surface area (Å²) < 4.78 is 135. The van der Waals surface area contributed by atoms with Gasteiger partial charge in [-0.25, -0.2) is 13.2 Å². The highest BCUT2D eigenvalue weighted by Gasteiger charge is 2.28. The molecule has 14 nitrogen and oxygen atoms in total. The van der Waals surface area contributed by atoms with Crippen LogP contribution >= 0.6 is 0 Å². The monoisotopic (exact) mass is 780 g/mol. The number of carbonyl (C=O) groups excluding carboxylic acids is 1. The molecule has 0 aliphatic rings. The molecule has 0 saturated heterocycles. The van der Waals surface area contributed by atoms with Crippen molar-refractivity contribution >= 4 is 5.97 Å². The van der Waals surface area contributed by atoms with Crippen LogP contribution in [0.3, 0.4) is 0 Å². The van der Waals surface area contributed by atoms with Crippen molar-refractivity contribution in [2.24, 2.45) is 0 Å². The first-order chi connectivity index (χ1) is 25.9. The van der Waals surface area contributed by atoms with E-state index in [4.69, 9.17) is 56.8 Å². The number of benzene rings is 1. The molecule has 0 fully saturated rings. The minimum Gasteiger partial charge on any atom is -0.420 e. The SMILES string of the molecule is C=CCOCCOCCOCCOCCOCCOCCOCCOCCOCCOCCOCCOCCC(=O)Oc1c(F)c(F)c(F)c(F)c1F. The number of rotatable bonds is 39. The minimum atomic E-state index is -2.35. The van der Waals surface area contributed by atoms with E-state index in [0.717, 1.165) is 0 Å². The Morgan fingerprint density at radius 3 is 0.868 bits per heavy atom. The maximum absolute atomic E-state index is 13.5. The average Bonchev–Trinajstić information content (AvgIpc) is 3.16. The van der Waals surface area contributed by atoms with Crippen molar-refractivity contribution in [3.05, 3.63) is 41.7 Å². The van der Waals surface area contributed by atoms with Crippen LogP contribution in [0.1, 0.15) is 6.42 Å². The van der Waals surface area contributed by atoms with Crippen molar-refractivity contribution in [2.75, 3.05) is 159 Å². The molecule has 0 heterocycles. The fourth-order valence-electron chi connectivity index (χ4n) is 3.58. The number of esters is 1. The van der Waals surface area contributed by atoms with Crippen LogP contribution in [0.15, 0.2) is 12.7 Å². The smallest absolute Gasteiger partial charge is 0.313 e. The number of hydrogen-bond acceptors (Lipinski definition) is 14. The Kier molecular flexibility index (Phi) is 32.4. The van der Waals surface area contributed by atoms with E-state index in [2.05, 4.69) is 11.3 Å². The van der Waals surface area contributed by atoms with Crippen LogP contribution in [0.4, 0.5) is 22.0 Å². The van der Waals surface area contributed by atoms with Crippen molar-refractivity contribution < 1.29 is 88.3 Å². The van der Waals surface area contributed by atoms with E-state index < -0.39 is 47.2 Å². The quantitative estimate of drug-likeness (QED) is 0.0184. The van der Waals surface area contributed by atoms with Gasteiger partial charge >= 0.3 is 5.97 Å². The lowest BCUT2D eigenvalue weighted by Gasteiger charge is -2.09. The lowest BCUT2D eigenvalue weighted by atomic mass is 10.2. The number of hydrogen-bond donors (Lipinski definition) is 0. The van der Waals surface area contributed by atoms with Gasteiger partial charge in [0.05, 0.1) is 165 Å². The lowest BCUT2D eigenvalue weighted by molar-refractivity contribution is -0.136. The number of carbonyl (C=O) groups is 1. The highest BCUT2D eigenvalue weighted by atomic mass is 19.2. The van der Waals surface area contributed by atoms with E-state index in [1.54, 1.807) is 6.08 Å². The first kappa shape index (κ1) is 48.6. The zero-order valence-electron chi connectivity index (χ0n) is 30.1. The van der Waals surface area contributed by atoms with Crippen LogP contribution in [-0.4, -0.2) is 165 Å². The third kappa shape index (κ3) is 26.9. The van der Waals surface area contributed by atoms with Crippen LogP contribution in [0.25, 0.3) is 0 Å². The molecule has 0 aliphatic carbocycles. The highest BCUT2D eigenvalue weighted by molar-refractivity contribution is 5.72. The predicted octanol–water partition coefficient (Wildman–Crippen LogP) is 3.06. The summed E-state index contributed by atoms with van der Waals surface area (Å²) in [5, 5.41) is 0. The van der Waals surface area contributed by atoms with Gasteiger partial charge in [-0.2, -0.15) is 8.78 Å². The molecular formula is C34H53F5O14. The summed E-state index contributed by atoms with van der Waals surface area (Å²) in [7, 11) is 0. The third-order valence-electron chi connectivity index (χ3n) is 6.16. The highest BCUT2D eigenvalue weighted by Crippen LogP contribution is 2.29. The molecule has 0 unspecified atom stereocenters. The third-order valence-corrected chi connectivity index (χ3v) is 6.16. The maximum Gasteiger partial charge on any atom is 0.313 e. The van der Waals surface area contributed by atoms with E-state index in [0.29, 0.717) is 132 Å². The molecule has 19 heteroatoms. The summed E-state index contributed by atoms with van der Waals surface area (Å²) >= 11 is 0. The normalized spacial score (nSPS) is 11.4. The van der Waals surface area contributed by atoms with Crippen LogP contribution in [0.2, 0.25) is 0 Å². The van der Waals surface area contributed by atoms with Gasteiger partial charge in [0.2, 0.25) is 34.8 Å². The molecule has 0 spiro atoms. The van der Waals surface area contributed by atoms with Crippen molar-refractivity contribution in [3.8, 4) is 5.75 Å². The minimum absolute atomic E-state index is 0.0786. The van der Waals surface area contributed by atoms with E-state index >= 15 is 0 Å². The summed E-state index contributed by atoms with van der Waals surface area (Å²) in [4.78, 5) is 11.6. The topological polar surface area (TPSA) is 137 Å². The number of halogens is 5. The average molecular weight is 781 g/mol. The lowest BCUT2D eigenvalue weighted by Crippen LogP contribution is -2.16. The summed E-state index contributed by atoms with van der Waals surface area (Å²) in [5.41, 5.74) is 0. The van der Waals surface area contributed by atoms with E-state index in [9.17, 15) is 26.7 Å². The van der Waals surface area contributed by atoms with Gasteiger partial charge in [-0.3, -0.25) is 4.79 Å². The molecule has 1 rings (SSSR count). The Hall–Kier alpha value is -2.40. The molecule has 0 saturated carbocycles. The van der Waals surface area contributed by atoms with Crippen LogP contribution in [-0.2, 0) is 61.6 Å². The molecule has 0 aliphatic heterocycles. The van der Waals surface area contributed by atoms with Gasteiger partial charge < -0.3 is 61.6 Å². The fraction of sp³-hybridized carbons (Fsp3) is 0.735. The Morgan fingerprint density at radius 2 is 0.604 bits per heavy atom. The summed E-state index contributed by atoms with van der Waals surface area (Å²) in [6.45, 7) is 12.9. The second-order valence-electron chi connectivity index (χ2n) is 10.2. The first-order valence-corrected chi connectivity index (χ1v) is 17.2. The Morgan fingerprint density at radius 1 is 0.377 bits per heavy atom. The van der Waals surface area contributed by atoms with Crippen molar-refractivity contribution in [3.63, 3.8) is 0 Å². The first-order valence-electron chi connectivity index (χ1n) is 17.2. The number of ether oxygens (including phenoxy) is 13. The van der Waals surface area contributed by atoms with Gasteiger partial charge in [-0.05, 0) is 0 Å². The summed E-state index contributed by atoms with van der Waals surface area (Å²) in [5.74, 6) is -14.1. The molecule has 0 atom stereocenters. The van der Waals surface area contributed by atoms with Crippen LogP contribution in [0, 0.1) is 29.1 Å². The van der Waals surface area contributed by atoms with Gasteiger partial charge in [-0.1, -0.05) is 6.08 Å². The van der Waals surface area contributed by atoms with Gasteiger partial charge in [-0.15, -0.1) is 6.58 Å². The second kappa shape index (κ2) is 35.3. The molecule has 53 heavy (non-hydrogen) atoms. The van der Waals surface area contributed by atoms with E-state index in [1.807, 2.05) is 0 Å². The maximum atomic E-state index is 13.5. The molecule has 0 amide bonds. The molecule has 0 bridgehead atoms. The van der Waals surface area contributed by atoms with Gasteiger partial charge in [0.1, 0.15) is 0 Å². The second-order valence-corrected chi connectivity index (χ2v) is 10.2. The molecule has 308 valence electrons. The fourth-order valence-corrected chi connectivity index (χ4v) is 3.58. The van der Waals surface area contributed by atoms with Gasteiger partial charge in [0.25, 0.3) is 0 Å².